The van der Waals surface area contributed by atoms with Crippen LogP contribution in [0, 0.1) is 5.92 Å². The van der Waals surface area contributed by atoms with Gasteiger partial charge in [-0.05, 0) is 18.9 Å². The van der Waals surface area contributed by atoms with E-state index in [1.165, 1.54) is 25.7 Å². The van der Waals surface area contributed by atoms with Crippen molar-refractivity contribution in [3.05, 3.63) is 12.7 Å². The molecule has 0 rings (SSSR count). The fourth-order valence-corrected chi connectivity index (χ4v) is 1.78. The average Bonchev–Trinajstić information content (AvgIpc) is 2.17. The van der Waals surface area contributed by atoms with Gasteiger partial charge in [-0.25, -0.2) is 0 Å². The first-order valence-corrected chi connectivity index (χ1v) is 5.65. The average molecular weight is 183 g/mol. The lowest BCUT2D eigenvalue weighted by atomic mass is 9.91. The molecule has 0 aromatic rings. The van der Waals surface area contributed by atoms with Crippen LogP contribution in [0.3, 0.4) is 0 Å². The number of hydrogen-bond acceptors (Lipinski definition) is 1. The number of hydrogen-bond donors (Lipinski definition) is 1. The molecular weight excluding hydrogens is 158 g/mol. The number of rotatable bonds is 8. The zero-order valence-electron chi connectivity index (χ0n) is 9.47. The van der Waals surface area contributed by atoms with E-state index in [2.05, 4.69) is 38.7 Å². The molecule has 1 heteroatoms. The van der Waals surface area contributed by atoms with Crippen LogP contribution in [0.25, 0.3) is 0 Å². The molecule has 0 aliphatic heterocycles. The highest BCUT2D eigenvalue weighted by molar-refractivity contribution is 4.90. The highest BCUT2D eigenvalue weighted by atomic mass is 14.9. The van der Waals surface area contributed by atoms with Gasteiger partial charge in [-0.3, -0.25) is 0 Å². The summed E-state index contributed by atoms with van der Waals surface area (Å²) in [6.07, 6.45) is 7.29. The summed E-state index contributed by atoms with van der Waals surface area (Å²) in [5.74, 6) is 0.775. The molecule has 0 aliphatic rings. The topological polar surface area (TPSA) is 12.0 Å². The van der Waals surface area contributed by atoms with Gasteiger partial charge >= 0.3 is 0 Å². The first-order valence-electron chi connectivity index (χ1n) is 5.65. The molecule has 1 N–H and O–H groups in total. The Balaban J connectivity index is 3.92. The van der Waals surface area contributed by atoms with Gasteiger partial charge < -0.3 is 5.32 Å². The van der Waals surface area contributed by atoms with Crippen LogP contribution in [0.1, 0.15) is 46.5 Å². The predicted molar refractivity (Wildman–Crippen MR) is 61.0 cm³/mol. The Bertz CT molecular complexity index is 120. The molecule has 0 radical (unpaired) electrons. The maximum atomic E-state index is 3.89. The molecule has 2 unspecified atom stereocenters. The quantitative estimate of drug-likeness (QED) is 0.569. The van der Waals surface area contributed by atoms with Gasteiger partial charge in [0, 0.05) is 6.04 Å². The minimum Gasteiger partial charge on any atom is -0.311 e. The molecule has 2 atom stereocenters. The lowest BCUT2D eigenvalue weighted by molar-refractivity contribution is 0.366. The Morgan fingerprint density at radius 1 is 1.31 bits per heavy atom. The van der Waals surface area contributed by atoms with Crippen molar-refractivity contribution in [3.63, 3.8) is 0 Å². The van der Waals surface area contributed by atoms with Crippen molar-refractivity contribution >= 4 is 0 Å². The second-order valence-corrected chi connectivity index (χ2v) is 3.63. The Morgan fingerprint density at radius 2 is 2.00 bits per heavy atom. The molecule has 0 bridgehead atoms. The van der Waals surface area contributed by atoms with Gasteiger partial charge in [0.2, 0.25) is 0 Å². The molecule has 0 heterocycles. The van der Waals surface area contributed by atoms with Crippen molar-refractivity contribution in [2.75, 3.05) is 6.54 Å². The van der Waals surface area contributed by atoms with Crippen LogP contribution in [0.4, 0.5) is 0 Å². The summed E-state index contributed by atoms with van der Waals surface area (Å²) in [6, 6.07) is 0.515. The summed E-state index contributed by atoms with van der Waals surface area (Å²) in [5, 5.41) is 3.47. The Kier molecular flexibility index (Phi) is 8.11. The van der Waals surface area contributed by atoms with E-state index in [1.54, 1.807) is 0 Å². The monoisotopic (exact) mass is 183 g/mol. The minimum absolute atomic E-state index is 0.515. The first kappa shape index (κ1) is 12.7. The Hall–Kier alpha value is -0.300. The zero-order valence-corrected chi connectivity index (χ0v) is 9.47. The van der Waals surface area contributed by atoms with Crippen LogP contribution in [0.2, 0.25) is 0 Å². The first-order chi connectivity index (χ1) is 6.29. The molecular formula is C12H25N. The third kappa shape index (κ3) is 5.09. The number of likely N-dealkylation sites (N-methyl/N-ethyl adjacent to an activating group) is 1. The standard InChI is InChI=1S/C12H25N/c1-5-9-10-11(6-2)12(7-3)13-8-4/h7,11-13H,3,5-6,8-10H2,1-2,4H3. The van der Waals surface area contributed by atoms with Gasteiger partial charge in [0.1, 0.15) is 0 Å². The summed E-state index contributed by atoms with van der Waals surface area (Å²) >= 11 is 0. The van der Waals surface area contributed by atoms with E-state index in [-0.39, 0.29) is 0 Å². The molecule has 0 amide bonds. The molecule has 0 spiro atoms. The second-order valence-electron chi connectivity index (χ2n) is 3.63. The molecule has 0 aliphatic carbocycles. The third-order valence-electron chi connectivity index (χ3n) is 2.65. The van der Waals surface area contributed by atoms with Crippen LogP contribution < -0.4 is 5.32 Å². The molecule has 0 saturated heterocycles. The van der Waals surface area contributed by atoms with Crippen LogP contribution in [0.5, 0.6) is 0 Å². The van der Waals surface area contributed by atoms with E-state index in [4.69, 9.17) is 0 Å². The van der Waals surface area contributed by atoms with Crippen molar-refractivity contribution in [2.45, 2.75) is 52.5 Å². The molecule has 1 nitrogen and oxygen atoms in total. The van der Waals surface area contributed by atoms with E-state index in [0.29, 0.717) is 6.04 Å². The van der Waals surface area contributed by atoms with Gasteiger partial charge in [0.25, 0.3) is 0 Å². The Morgan fingerprint density at radius 3 is 2.38 bits per heavy atom. The van der Waals surface area contributed by atoms with Gasteiger partial charge in [0.05, 0.1) is 0 Å². The van der Waals surface area contributed by atoms with E-state index >= 15 is 0 Å². The fraction of sp³-hybridized carbons (Fsp3) is 0.833. The van der Waals surface area contributed by atoms with E-state index in [1.807, 2.05) is 0 Å². The molecule has 0 aromatic heterocycles. The van der Waals surface area contributed by atoms with E-state index in [9.17, 15) is 0 Å². The predicted octanol–water partition coefficient (Wildman–Crippen LogP) is 3.37. The van der Waals surface area contributed by atoms with E-state index in [0.717, 1.165) is 12.5 Å². The summed E-state index contributed by atoms with van der Waals surface area (Å²) in [4.78, 5) is 0. The Labute approximate surface area is 83.6 Å². The summed E-state index contributed by atoms with van der Waals surface area (Å²) < 4.78 is 0. The molecule has 0 aromatic carbocycles. The highest BCUT2D eigenvalue weighted by Crippen LogP contribution is 2.17. The summed E-state index contributed by atoms with van der Waals surface area (Å²) in [6.45, 7) is 11.6. The largest absolute Gasteiger partial charge is 0.311 e. The smallest absolute Gasteiger partial charge is 0.0275 e. The lowest BCUT2D eigenvalue weighted by Crippen LogP contribution is -2.34. The van der Waals surface area contributed by atoms with Crippen molar-refractivity contribution < 1.29 is 0 Å². The van der Waals surface area contributed by atoms with Gasteiger partial charge in [0.15, 0.2) is 0 Å². The lowest BCUT2D eigenvalue weighted by Gasteiger charge is -2.23. The van der Waals surface area contributed by atoms with Crippen LogP contribution in [-0.2, 0) is 0 Å². The normalized spacial score (nSPS) is 15.3. The van der Waals surface area contributed by atoms with Crippen LogP contribution in [-0.4, -0.2) is 12.6 Å². The highest BCUT2D eigenvalue weighted by Gasteiger charge is 2.14. The zero-order chi connectivity index (χ0) is 10.1. The van der Waals surface area contributed by atoms with Crippen molar-refractivity contribution in [3.8, 4) is 0 Å². The van der Waals surface area contributed by atoms with Gasteiger partial charge in [-0.15, -0.1) is 6.58 Å². The van der Waals surface area contributed by atoms with Crippen molar-refractivity contribution in [1.29, 1.82) is 0 Å². The van der Waals surface area contributed by atoms with Crippen molar-refractivity contribution in [1.82, 2.24) is 5.32 Å². The fourth-order valence-electron chi connectivity index (χ4n) is 1.78. The minimum atomic E-state index is 0.515. The van der Waals surface area contributed by atoms with Crippen LogP contribution >= 0.6 is 0 Å². The van der Waals surface area contributed by atoms with Crippen LogP contribution in [0.15, 0.2) is 12.7 Å². The number of unbranched alkanes of at least 4 members (excludes halogenated alkanes) is 1. The summed E-state index contributed by atoms with van der Waals surface area (Å²) in [7, 11) is 0. The van der Waals surface area contributed by atoms with Gasteiger partial charge in [-0.2, -0.15) is 0 Å². The maximum absolute atomic E-state index is 3.89. The molecule has 0 saturated carbocycles. The molecule has 78 valence electrons. The SMILES string of the molecule is C=CC(NCC)C(CC)CCCC. The van der Waals surface area contributed by atoms with E-state index < -0.39 is 0 Å². The van der Waals surface area contributed by atoms with Gasteiger partial charge in [-0.1, -0.05) is 46.1 Å². The summed E-state index contributed by atoms with van der Waals surface area (Å²) in [5.41, 5.74) is 0. The van der Waals surface area contributed by atoms with Crippen molar-refractivity contribution in [2.24, 2.45) is 5.92 Å². The second kappa shape index (κ2) is 8.31. The molecule has 0 fully saturated rings. The third-order valence-corrected chi connectivity index (χ3v) is 2.65. The maximum Gasteiger partial charge on any atom is 0.0275 e. The number of nitrogens with one attached hydrogen (secondary N) is 1. The molecule has 13 heavy (non-hydrogen) atoms.